The van der Waals surface area contributed by atoms with Crippen LogP contribution >= 0.6 is 11.6 Å². The summed E-state index contributed by atoms with van der Waals surface area (Å²) in [5.41, 5.74) is 4.30. The van der Waals surface area contributed by atoms with E-state index in [0.717, 1.165) is 6.42 Å². The van der Waals surface area contributed by atoms with Gasteiger partial charge in [0.15, 0.2) is 13.2 Å². The van der Waals surface area contributed by atoms with E-state index in [2.05, 4.69) is 10.9 Å². The van der Waals surface area contributed by atoms with Gasteiger partial charge in [0.2, 0.25) is 0 Å². The Bertz CT molecular complexity index is 590. The van der Waals surface area contributed by atoms with Crippen LogP contribution in [-0.2, 0) is 19.1 Å². The van der Waals surface area contributed by atoms with E-state index in [9.17, 15) is 14.4 Å². The Hall–Kier alpha value is -2.28. The first-order chi connectivity index (χ1) is 11.0. The molecule has 124 valence electrons. The zero-order valence-electron chi connectivity index (χ0n) is 12.5. The third kappa shape index (κ3) is 5.78. The van der Waals surface area contributed by atoms with Crippen molar-refractivity contribution in [1.82, 2.24) is 10.9 Å². The summed E-state index contributed by atoms with van der Waals surface area (Å²) in [6.45, 7) is 1.23. The number of rotatable bonds is 6. The molecule has 0 heterocycles. The number of carbonyl (C=O) groups is 3. The van der Waals surface area contributed by atoms with Gasteiger partial charge >= 0.3 is 5.97 Å². The molecule has 7 nitrogen and oxygen atoms in total. The predicted octanol–water partition coefficient (Wildman–Crippen LogP) is 1.07. The molecule has 1 aliphatic carbocycles. The number of hydrogen-bond donors (Lipinski definition) is 2. The molecule has 1 saturated carbocycles. The van der Waals surface area contributed by atoms with Crippen LogP contribution < -0.4 is 15.6 Å². The second kappa shape index (κ2) is 7.82. The largest absolute Gasteiger partial charge is 0.484 e. The first kappa shape index (κ1) is 17.1. The Labute approximate surface area is 138 Å². The zero-order valence-corrected chi connectivity index (χ0v) is 13.3. The van der Waals surface area contributed by atoms with Crippen LogP contribution in [0.4, 0.5) is 0 Å². The van der Waals surface area contributed by atoms with Gasteiger partial charge in [-0.05, 0) is 36.6 Å². The highest BCUT2D eigenvalue weighted by molar-refractivity contribution is 6.30. The molecule has 0 spiro atoms. The maximum Gasteiger partial charge on any atom is 0.309 e. The van der Waals surface area contributed by atoms with E-state index < -0.39 is 18.4 Å². The van der Waals surface area contributed by atoms with Crippen molar-refractivity contribution in [2.75, 3.05) is 13.2 Å². The van der Waals surface area contributed by atoms with E-state index in [1.54, 1.807) is 24.3 Å². The van der Waals surface area contributed by atoms with Crippen molar-refractivity contribution in [3.05, 3.63) is 29.3 Å². The molecule has 2 N–H and O–H groups in total. The van der Waals surface area contributed by atoms with Gasteiger partial charge in [-0.1, -0.05) is 18.5 Å². The number of benzene rings is 1. The van der Waals surface area contributed by atoms with Gasteiger partial charge in [0, 0.05) is 5.02 Å². The minimum atomic E-state index is -0.619. The number of carbonyl (C=O) groups excluding carboxylic acids is 3. The zero-order chi connectivity index (χ0) is 16.8. The molecule has 1 fully saturated rings. The van der Waals surface area contributed by atoms with Gasteiger partial charge in [0.25, 0.3) is 11.8 Å². The van der Waals surface area contributed by atoms with E-state index in [0.29, 0.717) is 16.7 Å². The topological polar surface area (TPSA) is 93.7 Å². The van der Waals surface area contributed by atoms with Gasteiger partial charge in [-0.2, -0.15) is 0 Å². The Morgan fingerprint density at radius 1 is 1.13 bits per heavy atom. The third-order valence-corrected chi connectivity index (χ3v) is 3.53. The fraction of sp³-hybridized carbons (Fsp3) is 0.400. The molecule has 0 bridgehead atoms. The van der Waals surface area contributed by atoms with Crippen molar-refractivity contribution in [3.8, 4) is 5.75 Å². The maximum atomic E-state index is 11.5. The van der Waals surface area contributed by atoms with Gasteiger partial charge in [0.05, 0.1) is 5.92 Å². The van der Waals surface area contributed by atoms with Crippen molar-refractivity contribution in [2.45, 2.75) is 13.3 Å². The van der Waals surface area contributed by atoms with Crippen LogP contribution in [0.5, 0.6) is 5.75 Å². The normalized spacial score (nSPS) is 18.7. The molecule has 1 aromatic carbocycles. The molecule has 2 atom stereocenters. The molecule has 2 rings (SSSR count). The summed E-state index contributed by atoms with van der Waals surface area (Å²) in [5.74, 6) is -0.865. The highest BCUT2D eigenvalue weighted by atomic mass is 35.5. The van der Waals surface area contributed by atoms with E-state index in [-0.39, 0.29) is 18.5 Å². The standard InChI is InChI=1S/C15H17ClN2O5/c1-9-6-12(9)15(21)23-8-14(20)18-17-13(19)7-22-11-4-2-10(16)3-5-11/h2-5,9,12H,6-8H2,1H3,(H,17,19)(H,18,20)/t9-,12-/m1/s1. The summed E-state index contributed by atoms with van der Waals surface area (Å²) < 4.78 is 10.0. The lowest BCUT2D eigenvalue weighted by Gasteiger charge is -2.09. The second-order valence-electron chi connectivity index (χ2n) is 5.27. The maximum absolute atomic E-state index is 11.5. The molecule has 0 aliphatic heterocycles. The highest BCUT2D eigenvalue weighted by Crippen LogP contribution is 2.38. The molecule has 0 unspecified atom stereocenters. The third-order valence-electron chi connectivity index (χ3n) is 3.28. The smallest absolute Gasteiger partial charge is 0.309 e. The number of ether oxygens (including phenoxy) is 2. The quantitative estimate of drug-likeness (QED) is 0.596. The molecule has 2 amide bonds. The summed E-state index contributed by atoms with van der Waals surface area (Å²) in [6, 6.07) is 6.50. The molecule has 0 saturated heterocycles. The van der Waals surface area contributed by atoms with E-state index >= 15 is 0 Å². The number of amides is 2. The van der Waals surface area contributed by atoms with Crippen LogP contribution in [0.2, 0.25) is 5.02 Å². The molecular formula is C15H17ClN2O5. The van der Waals surface area contributed by atoms with Crippen molar-refractivity contribution >= 4 is 29.4 Å². The average Bonchev–Trinajstić information content (AvgIpc) is 3.27. The summed E-state index contributed by atoms with van der Waals surface area (Å²) in [7, 11) is 0. The van der Waals surface area contributed by atoms with Gasteiger partial charge < -0.3 is 9.47 Å². The van der Waals surface area contributed by atoms with Crippen LogP contribution in [0.3, 0.4) is 0 Å². The Morgan fingerprint density at radius 3 is 2.26 bits per heavy atom. The van der Waals surface area contributed by atoms with Crippen molar-refractivity contribution in [3.63, 3.8) is 0 Å². The first-order valence-electron chi connectivity index (χ1n) is 7.08. The molecule has 0 aromatic heterocycles. The minimum Gasteiger partial charge on any atom is -0.484 e. The van der Waals surface area contributed by atoms with Crippen LogP contribution in [0, 0.1) is 11.8 Å². The second-order valence-corrected chi connectivity index (χ2v) is 5.70. The number of nitrogens with one attached hydrogen (secondary N) is 2. The molecule has 1 aliphatic rings. The fourth-order valence-corrected chi connectivity index (χ4v) is 1.91. The number of esters is 1. The predicted molar refractivity (Wildman–Crippen MR) is 81.5 cm³/mol. The number of halogens is 1. The van der Waals surface area contributed by atoms with Crippen molar-refractivity contribution in [1.29, 1.82) is 0 Å². The lowest BCUT2D eigenvalue weighted by molar-refractivity contribution is -0.150. The molecule has 23 heavy (non-hydrogen) atoms. The Kier molecular flexibility index (Phi) is 5.81. The van der Waals surface area contributed by atoms with Gasteiger partial charge in [-0.25, -0.2) is 0 Å². The Morgan fingerprint density at radius 2 is 1.70 bits per heavy atom. The first-order valence-corrected chi connectivity index (χ1v) is 7.46. The molecule has 8 heteroatoms. The molecule has 0 radical (unpaired) electrons. The Balaban J connectivity index is 1.59. The van der Waals surface area contributed by atoms with Crippen LogP contribution in [-0.4, -0.2) is 31.0 Å². The SMILES string of the molecule is C[C@@H]1C[C@H]1C(=O)OCC(=O)NNC(=O)COc1ccc(Cl)cc1. The fourth-order valence-electron chi connectivity index (χ4n) is 1.79. The molecule has 1 aromatic rings. The van der Waals surface area contributed by atoms with Gasteiger partial charge in [-0.3, -0.25) is 25.2 Å². The average molecular weight is 341 g/mol. The minimum absolute atomic E-state index is 0.106. The lowest BCUT2D eigenvalue weighted by atomic mass is 10.3. The molecular weight excluding hydrogens is 324 g/mol. The number of hydrazine groups is 1. The summed E-state index contributed by atoms with van der Waals surface area (Å²) >= 11 is 5.72. The summed E-state index contributed by atoms with van der Waals surface area (Å²) in [5, 5.41) is 0.559. The van der Waals surface area contributed by atoms with Crippen LogP contribution in [0.1, 0.15) is 13.3 Å². The van der Waals surface area contributed by atoms with Crippen LogP contribution in [0.15, 0.2) is 24.3 Å². The van der Waals surface area contributed by atoms with Crippen LogP contribution in [0.25, 0.3) is 0 Å². The van der Waals surface area contributed by atoms with E-state index in [1.807, 2.05) is 6.92 Å². The summed E-state index contributed by atoms with van der Waals surface area (Å²) in [4.78, 5) is 34.4. The summed E-state index contributed by atoms with van der Waals surface area (Å²) in [6.07, 6.45) is 0.791. The van der Waals surface area contributed by atoms with Gasteiger partial charge in [0.1, 0.15) is 5.75 Å². The number of hydrogen-bond acceptors (Lipinski definition) is 5. The van der Waals surface area contributed by atoms with E-state index in [1.165, 1.54) is 0 Å². The van der Waals surface area contributed by atoms with E-state index in [4.69, 9.17) is 21.1 Å². The van der Waals surface area contributed by atoms with Crippen molar-refractivity contribution in [2.24, 2.45) is 11.8 Å². The van der Waals surface area contributed by atoms with Crippen molar-refractivity contribution < 1.29 is 23.9 Å². The van der Waals surface area contributed by atoms with Gasteiger partial charge in [-0.15, -0.1) is 0 Å². The highest BCUT2D eigenvalue weighted by Gasteiger charge is 2.40. The lowest BCUT2D eigenvalue weighted by Crippen LogP contribution is -2.45. The monoisotopic (exact) mass is 340 g/mol.